The first-order valence-corrected chi connectivity index (χ1v) is 4.00. The number of hydrogen-bond acceptors (Lipinski definition) is 2. The van der Waals surface area contributed by atoms with Crippen LogP contribution in [0.3, 0.4) is 0 Å². The van der Waals surface area contributed by atoms with E-state index >= 15 is 0 Å². The van der Waals surface area contributed by atoms with Crippen LogP contribution in [-0.2, 0) is 6.42 Å². The summed E-state index contributed by atoms with van der Waals surface area (Å²) in [6.45, 7) is 2.00. The molecule has 12 heavy (non-hydrogen) atoms. The van der Waals surface area contributed by atoms with Crippen LogP contribution >= 0.6 is 0 Å². The normalized spacial score (nSPS) is 14.9. The lowest BCUT2D eigenvalue weighted by atomic mass is 10.0. The summed E-state index contributed by atoms with van der Waals surface area (Å²) in [5, 5.41) is 7.98. The van der Waals surface area contributed by atoms with Crippen LogP contribution in [0.4, 0.5) is 0 Å². The second kappa shape index (κ2) is 2.89. The van der Waals surface area contributed by atoms with Crippen molar-refractivity contribution in [2.75, 3.05) is 0 Å². The van der Waals surface area contributed by atoms with Gasteiger partial charge in [-0.2, -0.15) is 10.2 Å². The molecule has 0 aliphatic carbocycles. The predicted molar refractivity (Wildman–Crippen MR) is 50.8 cm³/mol. The molecule has 0 fully saturated rings. The minimum Gasteiger partial charge on any atom is -0.160 e. The molecule has 60 valence electrons. The largest absolute Gasteiger partial charge is 0.160 e. The van der Waals surface area contributed by atoms with Gasteiger partial charge in [-0.3, -0.25) is 0 Å². The van der Waals surface area contributed by atoms with Crippen molar-refractivity contribution in [3.63, 3.8) is 0 Å². The van der Waals surface area contributed by atoms with Crippen LogP contribution in [-0.4, -0.2) is 11.9 Å². The van der Waals surface area contributed by atoms with E-state index in [4.69, 9.17) is 0 Å². The van der Waals surface area contributed by atoms with Gasteiger partial charge >= 0.3 is 0 Å². The summed E-state index contributed by atoms with van der Waals surface area (Å²) in [6.07, 6.45) is 2.72. The summed E-state index contributed by atoms with van der Waals surface area (Å²) in [5.41, 5.74) is 3.55. The highest BCUT2D eigenvalue weighted by Crippen LogP contribution is 2.10. The van der Waals surface area contributed by atoms with Crippen molar-refractivity contribution in [3.8, 4) is 0 Å². The van der Waals surface area contributed by atoms with E-state index in [1.54, 1.807) is 0 Å². The second-order valence-electron chi connectivity index (χ2n) is 2.96. The maximum Gasteiger partial charge on any atom is 0.0570 e. The van der Waals surface area contributed by atoms with Gasteiger partial charge in [0.25, 0.3) is 0 Å². The average Bonchev–Trinajstić information content (AvgIpc) is 2.25. The number of rotatable bonds is 0. The molecule has 2 nitrogen and oxygen atoms in total. The molecule has 1 aliphatic rings. The lowest BCUT2D eigenvalue weighted by molar-refractivity contribution is 1.21. The molecule has 0 bridgehead atoms. The highest BCUT2D eigenvalue weighted by molar-refractivity contribution is 5.91. The van der Waals surface area contributed by atoms with E-state index in [-0.39, 0.29) is 0 Å². The Morgan fingerprint density at radius 2 is 2.08 bits per heavy atom. The van der Waals surface area contributed by atoms with E-state index in [1.165, 1.54) is 11.1 Å². The van der Waals surface area contributed by atoms with Gasteiger partial charge in [-0.05, 0) is 18.1 Å². The van der Waals surface area contributed by atoms with Crippen molar-refractivity contribution in [1.29, 1.82) is 0 Å². The highest BCUT2D eigenvalue weighted by atomic mass is 15.2. The van der Waals surface area contributed by atoms with Crippen molar-refractivity contribution >= 4 is 11.9 Å². The highest BCUT2D eigenvalue weighted by Gasteiger charge is 2.03. The third-order valence-corrected chi connectivity index (χ3v) is 1.93. The van der Waals surface area contributed by atoms with Crippen LogP contribution in [0.5, 0.6) is 0 Å². The third kappa shape index (κ3) is 1.28. The topological polar surface area (TPSA) is 24.7 Å². The first-order chi connectivity index (χ1) is 5.86. The fraction of sp³-hybridized carbons (Fsp3) is 0.200. The Balaban J connectivity index is 2.49. The molecule has 0 radical (unpaired) electrons. The Hall–Kier alpha value is -1.44. The summed E-state index contributed by atoms with van der Waals surface area (Å²) in [5.74, 6) is 0. The molecular formula is C10H10N2. The van der Waals surface area contributed by atoms with Crippen molar-refractivity contribution in [3.05, 3.63) is 35.4 Å². The van der Waals surface area contributed by atoms with Crippen molar-refractivity contribution in [2.45, 2.75) is 13.3 Å². The SMILES string of the molecule is CC1=NN=Cc2ccccc2C1. The minimum absolute atomic E-state index is 0.913. The van der Waals surface area contributed by atoms with Crippen LogP contribution in [0.1, 0.15) is 18.1 Å². The molecule has 1 aromatic rings. The Kier molecular flexibility index (Phi) is 1.74. The molecule has 0 aromatic heterocycles. The molecule has 0 amide bonds. The zero-order valence-electron chi connectivity index (χ0n) is 6.99. The van der Waals surface area contributed by atoms with Gasteiger partial charge in [0.15, 0.2) is 0 Å². The lowest BCUT2D eigenvalue weighted by Crippen LogP contribution is -1.97. The molecule has 0 saturated heterocycles. The predicted octanol–water partition coefficient (Wildman–Crippen LogP) is 2.04. The number of benzene rings is 1. The molecule has 0 saturated carbocycles. The fourth-order valence-corrected chi connectivity index (χ4v) is 1.32. The molecule has 0 N–H and O–H groups in total. The van der Waals surface area contributed by atoms with Crippen molar-refractivity contribution in [2.24, 2.45) is 10.2 Å². The van der Waals surface area contributed by atoms with Gasteiger partial charge < -0.3 is 0 Å². The molecule has 1 aromatic carbocycles. The van der Waals surface area contributed by atoms with E-state index in [0.717, 1.165) is 12.1 Å². The summed E-state index contributed by atoms with van der Waals surface area (Å²) < 4.78 is 0. The number of nitrogens with zero attached hydrogens (tertiary/aromatic N) is 2. The molecule has 1 aliphatic heterocycles. The first kappa shape index (κ1) is 7.22. The van der Waals surface area contributed by atoms with E-state index in [1.807, 2.05) is 25.3 Å². The summed E-state index contributed by atoms with van der Waals surface area (Å²) in [7, 11) is 0. The zero-order chi connectivity index (χ0) is 8.39. The monoisotopic (exact) mass is 158 g/mol. The van der Waals surface area contributed by atoms with Gasteiger partial charge in [0.05, 0.1) is 6.21 Å². The Morgan fingerprint density at radius 1 is 1.25 bits per heavy atom. The van der Waals surface area contributed by atoms with Crippen LogP contribution < -0.4 is 0 Å². The summed E-state index contributed by atoms with van der Waals surface area (Å²) in [6, 6.07) is 8.25. The molecule has 0 unspecified atom stereocenters. The van der Waals surface area contributed by atoms with Crippen molar-refractivity contribution < 1.29 is 0 Å². The fourth-order valence-electron chi connectivity index (χ4n) is 1.32. The zero-order valence-corrected chi connectivity index (χ0v) is 6.99. The first-order valence-electron chi connectivity index (χ1n) is 4.00. The van der Waals surface area contributed by atoms with Gasteiger partial charge in [0, 0.05) is 12.1 Å². The van der Waals surface area contributed by atoms with Gasteiger partial charge in [-0.1, -0.05) is 24.3 Å². The van der Waals surface area contributed by atoms with Crippen LogP contribution in [0.2, 0.25) is 0 Å². The van der Waals surface area contributed by atoms with Crippen LogP contribution in [0.25, 0.3) is 0 Å². The number of fused-ring (bicyclic) bond motifs is 1. The van der Waals surface area contributed by atoms with Crippen LogP contribution in [0.15, 0.2) is 34.5 Å². The Morgan fingerprint density at radius 3 is 3.00 bits per heavy atom. The molecule has 2 rings (SSSR count). The third-order valence-electron chi connectivity index (χ3n) is 1.93. The maximum atomic E-state index is 4.02. The van der Waals surface area contributed by atoms with Gasteiger partial charge in [-0.25, -0.2) is 0 Å². The lowest BCUT2D eigenvalue weighted by Gasteiger charge is -2.00. The van der Waals surface area contributed by atoms with Crippen molar-refractivity contribution in [1.82, 2.24) is 0 Å². The number of hydrogen-bond donors (Lipinski definition) is 0. The summed E-state index contributed by atoms with van der Waals surface area (Å²) in [4.78, 5) is 0. The van der Waals surface area contributed by atoms with E-state index in [0.29, 0.717) is 0 Å². The Labute approximate surface area is 71.6 Å². The smallest absolute Gasteiger partial charge is 0.0570 e. The van der Waals surface area contributed by atoms with Gasteiger partial charge in [-0.15, -0.1) is 0 Å². The molecule has 0 atom stereocenters. The molecule has 2 heteroatoms. The van der Waals surface area contributed by atoms with Crippen LogP contribution in [0, 0.1) is 0 Å². The quantitative estimate of drug-likeness (QED) is 0.552. The molecule has 1 heterocycles. The standard InChI is InChI=1S/C10H10N2/c1-8-6-9-4-2-3-5-10(9)7-11-12-8/h2-5,7H,6H2,1H3. The minimum atomic E-state index is 0.913. The average molecular weight is 158 g/mol. The van der Waals surface area contributed by atoms with Gasteiger partial charge in [0.2, 0.25) is 0 Å². The second-order valence-corrected chi connectivity index (χ2v) is 2.96. The van der Waals surface area contributed by atoms with Gasteiger partial charge in [0.1, 0.15) is 0 Å². The van der Waals surface area contributed by atoms with E-state index in [2.05, 4.69) is 22.3 Å². The van der Waals surface area contributed by atoms with E-state index in [9.17, 15) is 0 Å². The Bertz CT molecular complexity index is 351. The molecular weight excluding hydrogens is 148 g/mol. The molecule has 0 spiro atoms. The van der Waals surface area contributed by atoms with E-state index < -0.39 is 0 Å². The maximum absolute atomic E-state index is 4.02. The summed E-state index contributed by atoms with van der Waals surface area (Å²) >= 11 is 0.